The molecule has 3 heterocycles. The third kappa shape index (κ3) is 3.81. The number of nitrogens with zero attached hydrogens (tertiary/aromatic N) is 2. The molecule has 6 heteroatoms. The number of benzene rings is 2. The monoisotopic (exact) mass is 459 g/mol. The first kappa shape index (κ1) is 22.0. The van der Waals surface area contributed by atoms with Crippen molar-refractivity contribution in [3.8, 4) is 11.1 Å². The molecule has 1 aliphatic heterocycles. The lowest BCUT2D eigenvalue weighted by atomic mass is 9.93. The van der Waals surface area contributed by atoms with Crippen LogP contribution in [0, 0.1) is 13.8 Å². The van der Waals surface area contributed by atoms with Gasteiger partial charge in [-0.2, -0.15) is 0 Å². The molecule has 1 aliphatic rings. The topological polar surface area (TPSA) is 69.2 Å². The molecule has 0 saturated carbocycles. The molecule has 2 aromatic heterocycles. The Hall–Kier alpha value is -2.83. The number of aliphatic hydroxyl groups is 1. The van der Waals surface area contributed by atoms with Gasteiger partial charge in [-0.05, 0) is 79.0 Å². The van der Waals surface area contributed by atoms with Crippen LogP contribution in [0.2, 0.25) is 0 Å². The fraction of sp³-hybridized carbons (Fsp3) is 0.333. The normalized spacial score (nSPS) is 16.2. The summed E-state index contributed by atoms with van der Waals surface area (Å²) in [6, 6.07) is 12.7. The van der Waals surface area contributed by atoms with E-state index < -0.39 is 0 Å². The van der Waals surface area contributed by atoms with Crippen LogP contribution >= 0.6 is 11.8 Å². The molecule has 1 unspecified atom stereocenters. The summed E-state index contributed by atoms with van der Waals surface area (Å²) >= 11 is 1.81. The van der Waals surface area contributed by atoms with Crippen LogP contribution in [0.5, 0.6) is 0 Å². The number of aromatic amines is 1. The first-order chi connectivity index (χ1) is 16.0. The maximum atomic E-state index is 13.7. The average molecular weight is 460 g/mol. The van der Waals surface area contributed by atoms with Gasteiger partial charge in [0.05, 0.1) is 18.2 Å². The third-order valence-electron chi connectivity index (χ3n) is 6.66. The predicted octanol–water partition coefficient (Wildman–Crippen LogP) is 5.71. The van der Waals surface area contributed by atoms with Gasteiger partial charge in [0.15, 0.2) is 0 Å². The minimum absolute atomic E-state index is 0.00548. The van der Waals surface area contributed by atoms with Gasteiger partial charge in [-0.3, -0.25) is 4.79 Å². The van der Waals surface area contributed by atoms with Crippen LogP contribution in [-0.2, 0) is 0 Å². The summed E-state index contributed by atoms with van der Waals surface area (Å²) in [5, 5.41) is 12.0. The van der Waals surface area contributed by atoms with Crippen LogP contribution in [0.15, 0.2) is 47.5 Å². The van der Waals surface area contributed by atoms with Crippen molar-refractivity contribution in [3.05, 3.63) is 59.3 Å². The number of carbonyl (C=O) groups is 1. The van der Waals surface area contributed by atoms with Crippen molar-refractivity contribution in [2.45, 2.75) is 44.6 Å². The van der Waals surface area contributed by atoms with Crippen LogP contribution in [0.1, 0.15) is 41.3 Å². The summed E-state index contributed by atoms with van der Waals surface area (Å²) in [6.07, 6.45) is 3.65. The second-order valence-corrected chi connectivity index (χ2v) is 10.2. The highest BCUT2D eigenvalue weighted by atomic mass is 32.2. The van der Waals surface area contributed by atoms with Gasteiger partial charge in [0.2, 0.25) is 0 Å². The summed E-state index contributed by atoms with van der Waals surface area (Å²) in [7, 11) is 0. The van der Waals surface area contributed by atoms with Gasteiger partial charge in [-0.1, -0.05) is 19.1 Å². The number of aromatic nitrogens is 2. The highest BCUT2D eigenvalue weighted by molar-refractivity contribution is 7.99. The van der Waals surface area contributed by atoms with E-state index in [0.717, 1.165) is 62.8 Å². The Morgan fingerprint density at radius 3 is 2.91 bits per heavy atom. The van der Waals surface area contributed by atoms with E-state index in [-0.39, 0.29) is 18.6 Å². The van der Waals surface area contributed by atoms with Crippen molar-refractivity contribution in [1.82, 2.24) is 14.9 Å². The maximum Gasteiger partial charge on any atom is 0.254 e. The number of nitrogens with one attached hydrogen (secondary N) is 1. The smallest absolute Gasteiger partial charge is 0.254 e. The molecule has 4 aromatic rings. The number of fused-ring (bicyclic) bond motifs is 3. The number of thioether (sulfide) groups is 1. The highest BCUT2D eigenvalue weighted by Gasteiger charge is 2.31. The van der Waals surface area contributed by atoms with Crippen molar-refractivity contribution >= 4 is 39.6 Å². The molecule has 33 heavy (non-hydrogen) atoms. The molecular weight excluding hydrogens is 430 g/mol. The van der Waals surface area contributed by atoms with Gasteiger partial charge in [-0.25, -0.2) is 4.98 Å². The van der Waals surface area contributed by atoms with Crippen LogP contribution in [-0.4, -0.2) is 50.8 Å². The molecule has 5 nitrogen and oxygen atoms in total. The van der Waals surface area contributed by atoms with Crippen molar-refractivity contribution in [1.29, 1.82) is 0 Å². The Labute approximate surface area is 198 Å². The van der Waals surface area contributed by atoms with Gasteiger partial charge in [-0.15, -0.1) is 11.8 Å². The van der Waals surface area contributed by atoms with Gasteiger partial charge >= 0.3 is 0 Å². The van der Waals surface area contributed by atoms with E-state index in [2.05, 4.69) is 60.2 Å². The zero-order chi connectivity index (χ0) is 23.1. The van der Waals surface area contributed by atoms with Gasteiger partial charge < -0.3 is 15.0 Å². The molecule has 1 amide bonds. The van der Waals surface area contributed by atoms with Crippen LogP contribution in [0.3, 0.4) is 0 Å². The van der Waals surface area contributed by atoms with Crippen molar-refractivity contribution in [3.63, 3.8) is 0 Å². The molecule has 0 bridgehead atoms. The van der Waals surface area contributed by atoms with Crippen LogP contribution in [0.25, 0.3) is 33.1 Å². The summed E-state index contributed by atoms with van der Waals surface area (Å²) < 4.78 is 0. The molecular formula is C27H29N3O2S. The fourth-order valence-electron chi connectivity index (χ4n) is 5.01. The minimum Gasteiger partial charge on any atom is -0.394 e. The van der Waals surface area contributed by atoms with E-state index in [1.54, 1.807) is 0 Å². The lowest BCUT2D eigenvalue weighted by molar-refractivity contribution is 0.0677. The second kappa shape index (κ2) is 8.84. The van der Waals surface area contributed by atoms with Crippen LogP contribution < -0.4 is 0 Å². The van der Waals surface area contributed by atoms with E-state index in [0.29, 0.717) is 12.1 Å². The summed E-state index contributed by atoms with van der Waals surface area (Å²) in [4.78, 5) is 24.9. The predicted molar refractivity (Wildman–Crippen MR) is 136 cm³/mol. The van der Waals surface area contributed by atoms with E-state index in [4.69, 9.17) is 0 Å². The SMILES string of the molecule is CCSc1cccc(-c2cc(C(=O)N3CCCC3CO)c(C)c3[nH]c4ncc(C)cc4c23)c1. The minimum atomic E-state index is -0.104. The zero-order valence-electron chi connectivity index (χ0n) is 19.3. The average Bonchev–Trinajstić information content (AvgIpc) is 3.44. The van der Waals surface area contributed by atoms with E-state index in [1.807, 2.05) is 29.8 Å². The summed E-state index contributed by atoms with van der Waals surface area (Å²) in [5.74, 6) is 0.999. The van der Waals surface area contributed by atoms with Gasteiger partial charge in [0.1, 0.15) is 5.65 Å². The molecule has 0 aliphatic carbocycles. The fourth-order valence-corrected chi connectivity index (χ4v) is 5.73. The van der Waals surface area contributed by atoms with Crippen molar-refractivity contribution < 1.29 is 9.90 Å². The number of H-pyrrole nitrogens is 1. The quantitative estimate of drug-likeness (QED) is 0.375. The molecule has 2 aromatic carbocycles. The molecule has 0 radical (unpaired) electrons. The molecule has 170 valence electrons. The highest BCUT2D eigenvalue weighted by Crippen LogP contribution is 2.39. The summed E-state index contributed by atoms with van der Waals surface area (Å²) in [5.41, 5.74) is 6.64. The number of amides is 1. The number of aliphatic hydroxyl groups excluding tert-OH is 1. The molecule has 5 rings (SSSR count). The molecule has 1 fully saturated rings. The standard InChI is InChI=1S/C27H29N3O2S/c1-4-33-20-9-5-7-18(12-20)22-13-21(27(32)30-10-6-8-19(30)15-31)17(3)25-24(22)23-11-16(2)14-28-26(23)29-25/h5,7,9,11-14,19,31H,4,6,8,10,15H2,1-3H3,(H,28,29). The molecule has 2 N–H and O–H groups in total. The third-order valence-corrected chi connectivity index (χ3v) is 7.54. The number of pyridine rings is 1. The van der Waals surface area contributed by atoms with E-state index in [9.17, 15) is 9.90 Å². The lowest BCUT2D eigenvalue weighted by Gasteiger charge is -2.24. The number of rotatable bonds is 5. The number of hydrogen-bond acceptors (Lipinski definition) is 4. The Bertz CT molecular complexity index is 1360. The van der Waals surface area contributed by atoms with Crippen molar-refractivity contribution in [2.24, 2.45) is 0 Å². The Morgan fingerprint density at radius 1 is 1.27 bits per heavy atom. The number of hydrogen-bond donors (Lipinski definition) is 2. The number of likely N-dealkylation sites (tertiary alicyclic amines) is 1. The zero-order valence-corrected chi connectivity index (χ0v) is 20.1. The van der Waals surface area contributed by atoms with Gasteiger partial charge in [0, 0.05) is 34.0 Å². The molecule has 1 atom stereocenters. The molecule has 0 spiro atoms. The van der Waals surface area contributed by atoms with Crippen molar-refractivity contribution in [2.75, 3.05) is 18.9 Å². The summed E-state index contributed by atoms with van der Waals surface area (Å²) in [6.45, 7) is 6.91. The first-order valence-corrected chi connectivity index (χ1v) is 12.6. The maximum absolute atomic E-state index is 13.7. The van der Waals surface area contributed by atoms with E-state index >= 15 is 0 Å². The van der Waals surface area contributed by atoms with E-state index in [1.165, 1.54) is 4.90 Å². The Kier molecular flexibility index (Phi) is 5.89. The Balaban J connectivity index is 1.78. The lowest BCUT2D eigenvalue weighted by Crippen LogP contribution is -2.38. The number of carbonyl (C=O) groups excluding carboxylic acids is 1. The Morgan fingerprint density at radius 2 is 2.12 bits per heavy atom. The largest absolute Gasteiger partial charge is 0.394 e. The second-order valence-electron chi connectivity index (χ2n) is 8.82. The van der Waals surface area contributed by atoms with Crippen LogP contribution in [0.4, 0.5) is 0 Å². The number of aryl methyl sites for hydroxylation is 2. The first-order valence-electron chi connectivity index (χ1n) is 11.6. The molecule has 1 saturated heterocycles. The van der Waals surface area contributed by atoms with Gasteiger partial charge in [0.25, 0.3) is 5.91 Å².